The first kappa shape index (κ1) is 13.0. The smallest absolute Gasteiger partial charge is 0.0753 e. The molecule has 90 valence electrons. The third kappa shape index (κ3) is 4.52. The van der Waals surface area contributed by atoms with Gasteiger partial charge >= 0.3 is 0 Å². The zero-order chi connectivity index (χ0) is 11.3. The van der Waals surface area contributed by atoms with Gasteiger partial charge in [-0.3, -0.25) is 0 Å². The van der Waals surface area contributed by atoms with Crippen molar-refractivity contribution >= 4 is 0 Å². The second-order valence-electron chi connectivity index (χ2n) is 5.47. The minimum atomic E-state index is -0.0188. The monoisotopic (exact) mass is 213 g/mol. The van der Waals surface area contributed by atoms with Gasteiger partial charge in [0.05, 0.1) is 11.7 Å². The second kappa shape index (κ2) is 5.86. The Morgan fingerprint density at radius 2 is 2.07 bits per heavy atom. The zero-order valence-electron chi connectivity index (χ0n) is 10.8. The Kier molecular flexibility index (Phi) is 5.07. The molecule has 0 saturated heterocycles. The third-order valence-electron chi connectivity index (χ3n) is 3.40. The van der Waals surface area contributed by atoms with Gasteiger partial charge in [0.2, 0.25) is 0 Å². The van der Waals surface area contributed by atoms with E-state index in [0.29, 0.717) is 6.10 Å². The van der Waals surface area contributed by atoms with Crippen molar-refractivity contribution in [3.05, 3.63) is 0 Å². The van der Waals surface area contributed by atoms with E-state index in [9.17, 15) is 0 Å². The molecule has 1 N–H and O–H groups in total. The number of hydrogen-bond acceptors (Lipinski definition) is 2. The van der Waals surface area contributed by atoms with Gasteiger partial charge in [0.25, 0.3) is 0 Å². The van der Waals surface area contributed by atoms with Crippen LogP contribution in [0.5, 0.6) is 0 Å². The Morgan fingerprint density at radius 1 is 1.33 bits per heavy atom. The van der Waals surface area contributed by atoms with Crippen LogP contribution < -0.4 is 5.32 Å². The van der Waals surface area contributed by atoms with Crippen LogP contribution in [0.4, 0.5) is 0 Å². The molecular weight excluding hydrogens is 186 g/mol. The molecule has 0 radical (unpaired) electrons. The summed E-state index contributed by atoms with van der Waals surface area (Å²) in [5.41, 5.74) is -0.0188. The molecule has 0 bridgehead atoms. The third-order valence-corrected chi connectivity index (χ3v) is 3.40. The lowest BCUT2D eigenvalue weighted by Crippen LogP contribution is -2.40. The predicted molar refractivity (Wildman–Crippen MR) is 65.1 cm³/mol. The second-order valence-corrected chi connectivity index (χ2v) is 5.47. The van der Waals surface area contributed by atoms with Crippen LogP contribution in [0.1, 0.15) is 52.9 Å². The first-order valence-corrected chi connectivity index (χ1v) is 6.40. The van der Waals surface area contributed by atoms with Crippen molar-refractivity contribution in [2.45, 2.75) is 64.6 Å². The van der Waals surface area contributed by atoms with Crippen molar-refractivity contribution in [3.63, 3.8) is 0 Å². The van der Waals surface area contributed by atoms with Crippen LogP contribution in [0, 0.1) is 5.92 Å². The molecule has 1 saturated carbocycles. The summed E-state index contributed by atoms with van der Waals surface area (Å²) in [6.45, 7) is 7.59. The van der Waals surface area contributed by atoms with Crippen LogP contribution in [0.15, 0.2) is 0 Å². The fourth-order valence-corrected chi connectivity index (χ4v) is 2.64. The predicted octanol–water partition coefficient (Wildman–Crippen LogP) is 2.97. The topological polar surface area (TPSA) is 21.3 Å². The number of rotatable bonds is 5. The lowest BCUT2D eigenvalue weighted by Gasteiger charge is -2.35. The molecule has 1 aliphatic rings. The number of hydrogen-bond donors (Lipinski definition) is 1. The summed E-state index contributed by atoms with van der Waals surface area (Å²) >= 11 is 0. The van der Waals surface area contributed by atoms with Crippen LogP contribution in [-0.2, 0) is 4.74 Å². The van der Waals surface area contributed by atoms with Crippen molar-refractivity contribution in [1.29, 1.82) is 0 Å². The lowest BCUT2D eigenvalue weighted by molar-refractivity contribution is -0.0895. The molecule has 0 heterocycles. The van der Waals surface area contributed by atoms with E-state index in [-0.39, 0.29) is 5.60 Å². The molecular formula is C13H27NO. The number of nitrogens with one attached hydrogen (secondary N) is 1. The van der Waals surface area contributed by atoms with Crippen molar-refractivity contribution in [3.8, 4) is 0 Å². The SMILES string of the molecule is CCC1CCCC(OC(C)(C)CNC)C1. The van der Waals surface area contributed by atoms with Crippen LogP contribution in [0.25, 0.3) is 0 Å². The van der Waals surface area contributed by atoms with Crippen LogP contribution in [0.3, 0.4) is 0 Å². The molecule has 15 heavy (non-hydrogen) atoms. The molecule has 2 atom stereocenters. The maximum atomic E-state index is 6.19. The Morgan fingerprint density at radius 3 is 2.67 bits per heavy atom. The highest BCUT2D eigenvalue weighted by Crippen LogP contribution is 2.30. The van der Waals surface area contributed by atoms with Crippen LogP contribution in [0.2, 0.25) is 0 Å². The first-order valence-electron chi connectivity index (χ1n) is 6.40. The van der Waals surface area contributed by atoms with Gasteiger partial charge in [0.1, 0.15) is 0 Å². The Hall–Kier alpha value is -0.0800. The van der Waals surface area contributed by atoms with Crippen LogP contribution >= 0.6 is 0 Å². The highest BCUT2D eigenvalue weighted by molar-refractivity contribution is 4.78. The summed E-state index contributed by atoms with van der Waals surface area (Å²) in [7, 11) is 1.99. The summed E-state index contributed by atoms with van der Waals surface area (Å²) in [6, 6.07) is 0. The Labute approximate surface area is 94.8 Å². The molecule has 1 fully saturated rings. The van der Waals surface area contributed by atoms with E-state index in [1.54, 1.807) is 0 Å². The van der Waals surface area contributed by atoms with Gasteiger partial charge in [0.15, 0.2) is 0 Å². The number of likely N-dealkylation sites (N-methyl/N-ethyl adjacent to an activating group) is 1. The van der Waals surface area contributed by atoms with E-state index in [2.05, 4.69) is 26.1 Å². The Balaban J connectivity index is 2.36. The largest absolute Gasteiger partial charge is 0.371 e. The van der Waals surface area contributed by atoms with Gasteiger partial charge in [-0.2, -0.15) is 0 Å². The molecule has 2 unspecified atom stereocenters. The normalized spacial score (nSPS) is 28.0. The van der Waals surface area contributed by atoms with Gasteiger partial charge in [-0.25, -0.2) is 0 Å². The van der Waals surface area contributed by atoms with E-state index in [0.717, 1.165) is 12.5 Å². The fourth-order valence-electron chi connectivity index (χ4n) is 2.64. The highest BCUT2D eigenvalue weighted by atomic mass is 16.5. The average Bonchev–Trinajstić information content (AvgIpc) is 2.17. The molecule has 2 heteroatoms. The van der Waals surface area contributed by atoms with E-state index < -0.39 is 0 Å². The van der Waals surface area contributed by atoms with Gasteiger partial charge in [-0.1, -0.05) is 26.2 Å². The fraction of sp³-hybridized carbons (Fsp3) is 1.00. The molecule has 0 spiro atoms. The van der Waals surface area contributed by atoms with Gasteiger partial charge in [0, 0.05) is 6.54 Å². The quantitative estimate of drug-likeness (QED) is 0.758. The maximum absolute atomic E-state index is 6.19. The van der Waals surface area contributed by atoms with E-state index in [1.807, 2.05) is 7.05 Å². The van der Waals surface area contributed by atoms with Crippen LogP contribution in [-0.4, -0.2) is 25.3 Å². The maximum Gasteiger partial charge on any atom is 0.0753 e. The summed E-state index contributed by atoms with van der Waals surface area (Å²) in [6.07, 6.45) is 7.08. The van der Waals surface area contributed by atoms with Crippen molar-refractivity contribution < 1.29 is 4.74 Å². The minimum Gasteiger partial charge on any atom is -0.371 e. The van der Waals surface area contributed by atoms with Crippen molar-refractivity contribution in [1.82, 2.24) is 5.32 Å². The standard InChI is InChI=1S/C13H27NO/c1-5-11-7-6-8-12(9-11)15-13(2,3)10-14-4/h11-12,14H,5-10H2,1-4H3. The van der Waals surface area contributed by atoms with E-state index >= 15 is 0 Å². The summed E-state index contributed by atoms with van der Waals surface area (Å²) in [5, 5.41) is 3.20. The molecule has 0 aromatic carbocycles. The van der Waals surface area contributed by atoms with Gasteiger partial charge in [-0.15, -0.1) is 0 Å². The number of ether oxygens (including phenoxy) is 1. The molecule has 0 aromatic heterocycles. The summed E-state index contributed by atoms with van der Waals surface area (Å²) in [5.74, 6) is 0.897. The van der Waals surface area contributed by atoms with Crippen molar-refractivity contribution in [2.24, 2.45) is 5.92 Å². The molecule has 0 amide bonds. The average molecular weight is 213 g/mol. The Bertz CT molecular complexity index is 179. The van der Waals surface area contributed by atoms with Gasteiger partial charge < -0.3 is 10.1 Å². The lowest BCUT2D eigenvalue weighted by atomic mass is 9.85. The van der Waals surface area contributed by atoms with Crippen molar-refractivity contribution in [2.75, 3.05) is 13.6 Å². The van der Waals surface area contributed by atoms with E-state index in [1.165, 1.54) is 32.1 Å². The summed E-state index contributed by atoms with van der Waals surface area (Å²) < 4.78 is 6.19. The molecule has 1 rings (SSSR count). The van der Waals surface area contributed by atoms with E-state index in [4.69, 9.17) is 4.74 Å². The molecule has 0 aliphatic heterocycles. The highest BCUT2D eigenvalue weighted by Gasteiger charge is 2.27. The molecule has 0 aromatic rings. The summed E-state index contributed by atoms with van der Waals surface area (Å²) in [4.78, 5) is 0. The van der Waals surface area contributed by atoms with Gasteiger partial charge in [-0.05, 0) is 39.7 Å². The minimum absolute atomic E-state index is 0.0188. The molecule has 2 nitrogen and oxygen atoms in total. The zero-order valence-corrected chi connectivity index (χ0v) is 10.8. The molecule has 1 aliphatic carbocycles. The first-order chi connectivity index (χ1) is 7.07.